The Labute approximate surface area is 126 Å². The molecule has 0 atom stereocenters. The molecule has 0 aliphatic carbocycles. The van der Waals surface area contributed by atoms with Crippen LogP contribution in [0.15, 0.2) is 52.1 Å². The number of hydrogen-bond donors (Lipinski definition) is 1. The summed E-state index contributed by atoms with van der Waals surface area (Å²) in [5, 5.41) is 9.32. The number of rotatable bonds is 5. The molecule has 1 heterocycles. The fourth-order valence-corrected chi connectivity index (χ4v) is 1.86. The van der Waals surface area contributed by atoms with Crippen LogP contribution in [-0.4, -0.2) is 28.5 Å². The first-order valence-corrected chi connectivity index (χ1v) is 6.45. The van der Waals surface area contributed by atoms with Crippen molar-refractivity contribution in [2.75, 3.05) is 14.2 Å². The lowest BCUT2D eigenvalue weighted by Gasteiger charge is -2.08. The quantitative estimate of drug-likeness (QED) is 0.834. The molecule has 0 spiro atoms. The van der Waals surface area contributed by atoms with Gasteiger partial charge in [0.15, 0.2) is 0 Å². The van der Waals surface area contributed by atoms with E-state index in [1.54, 1.807) is 31.4 Å². The van der Waals surface area contributed by atoms with Crippen LogP contribution < -0.4 is 16.0 Å². The largest absolute Gasteiger partial charge is 0.497 e. The third kappa shape index (κ3) is 3.38. The van der Waals surface area contributed by atoms with E-state index in [1.165, 1.54) is 19.4 Å². The average molecular weight is 304 g/mol. The molecule has 2 aromatic rings. The molecule has 0 aliphatic rings. The Morgan fingerprint density at radius 1 is 1.18 bits per heavy atom. The van der Waals surface area contributed by atoms with Crippen molar-refractivity contribution in [2.45, 2.75) is 6.54 Å². The number of nitrogens with zero attached hydrogens (tertiary/aromatic N) is 2. The van der Waals surface area contributed by atoms with Gasteiger partial charge in [0.25, 0.3) is 11.5 Å². The van der Waals surface area contributed by atoms with E-state index in [4.69, 9.17) is 4.74 Å². The minimum absolute atomic E-state index is 0.115. The van der Waals surface area contributed by atoms with Crippen LogP contribution in [0.25, 0.3) is 6.20 Å². The molecule has 7 heteroatoms. The molecule has 2 rings (SSSR count). The summed E-state index contributed by atoms with van der Waals surface area (Å²) in [6.07, 6.45) is 2.36. The van der Waals surface area contributed by atoms with E-state index >= 15 is 0 Å². The third-order valence-corrected chi connectivity index (χ3v) is 3.05. The predicted molar refractivity (Wildman–Crippen MR) is 81.0 cm³/mol. The van der Waals surface area contributed by atoms with Crippen molar-refractivity contribution < 1.29 is 14.6 Å². The molecule has 22 heavy (non-hydrogen) atoms. The minimum Gasteiger partial charge on any atom is -0.497 e. The third-order valence-electron chi connectivity index (χ3n) is 3.05. The summed E-state index contributed by atoms with van der Waals surface area (Å²) in [6.45, 7) is 0.115. The second-order valence-electron chi connectivity index (χ2n) is 4.45. The number of ether oxygens (including phenoxy) is 2. The van der Waals surface area contributed by atoms with Crippen molar-refractivity contribution in [1.82, 2.24) is 9.13 Å². The lowest BCUT2D eigenvalue weighted by atomic mass is 10.2. The van der Waals surface area contributed by atoms with E-state index in [-0.39, 0.29) is 6.54 Å². The van der Waals surface area contributed by atoms with Crippen molar-refractivity contribution in [3.63, 3.8) is 0 Å². The van der Waals surface area contributed by atoms with Crippen molar-refractivity contribution in [3.8, 4) is 5.75 Å². The lowest BCUT2D eigenvalue weighted by molar-refractivity contribution is 0.139. The molecule has 7 nitrogen and oxygen atoms in total. The van der Waals surface area contributed by atoms with Gasteiger partial charge in [0.1, 0.15) is 5.75 Å². The molecule has 0 amide bonds. The topological polar surface area (TPSA) is 82.7 Å². The van der Waals surface area contributed by atoms with Crippen LogP contribution in [0, 0.1) is 0 Å². The molecule has 0 saturated carbocycles. The van der Waals surface area contributed by atoms with Gasteiger partial charge in [0.05, 0.1) is 27.0 Å². The van der Waals surface area contributed by atoms with Gasteiger partial charge in [0, 0.05) is 12.3 Å². The van der Waals surface area contributed by atoms with E-state index in [0.717, 1.165) is 20.9 Å². The van der Waals surface area contributed by atoms with Crippen LogP contribution in [0.1, 0.15) is 5.56 Å². The van der Waals surface area contributed by atoms with Crippen molar-refractivity contribution in [1.29, 1.82) is 0 Å². The summed E-state index contributed by atoms with van der Waals surface area (Å²) in [5.41, 5.74) is -0.230. The van der Waals surface area contributed by atoms with E-state index in [2.05, 4.69) is 4.74 Å². The molecule has 1 N–H and O–H groups in total. The van der Waals surface area contributed by atoms with Crippen LogP contribution in [-0.2, 0) is 11.3 Å². The van der Waals surface area contributed by atoms with Gasteiger partial charge in [-0.05, 0) is 17.7 Å². The smallest absolute Gasteiger partial charge is 0.335 e. The minimum atomic E-state index is -0.577. The highest BCUT2D eigenvalue weighted by Crippen LogP contribution is 2.11. The van der Waals surface area contributed by atoms with Crippen LogP contribution in [0.4, 0.5) is 0 Å². The highest BCUT2D eigenvalue weighted by molar-refractivity contribution is 5.27. The number of aliphatic hydroxyl groups excluding tert-OH is 1. The summed E-state index contributed by atoms with van der Waals surface area (Å²) < 4.78 is 11.8. The van der Waals surface area contributed by atoms with Gasteiger partial charge >= 0.3 is 5.69 Å². The van der Waals surface area contributed by atoms with Crippen molar-refractivity contribution >= 4 is 6.20 Å². The molecule has 1 aromatic carbocycles. The lowest BCUT2D eigenvalue weighted by Crippen LogP contribution is -2.37. The Bertz CT molecular complexity index is 787. The molecule has 0 fully saturated rings. The summed E-state index contributed by atoms with van der Waals surface area (Å²) in [7, 11) is 2.83. The zero-order valence-electron chi connectivity index (χ0n) is 12.2. The van der Waals surface area contributed by atoms with Crippen LogP contribution in [0.2, 0.25) is 0 Å². The number of aliphatic hydroxyl groups is 1. The fourth-order valence-electron chi connectivity index (χ4n) is 1.86. The second kappa shape index (κ2) is 6.66. The summed E-state index contributed by atoms with van der Waals surface area (Å²) in [4.78, 5) is 24.1. The highest BCUT2D eigenvalue weighted by atomic mass is 16.6. The van der Waals surface area contributed by atoms with Gasteiger partial charge in [-0.25, -0.2) is 4.79 Å². The number of methoxy groups -OCH3 is 2. The molecule has 116 valence electrons. The molecular weight excluding hydrogens is 288 g/mol. The normalized spacial score (nSPS) is 11.3. The van der Waals surface area contributed by atoms with Gasteiger partial charge in [-0.15, -0.1) is 0 Å². The SMILES string of the molecule is COC(O)=Cn1ccc(=O)n(Cc2ccc(OC)cc2)c1=O. The zero-order valence-corrected chi connectivity index (χ0v) is 12.2. The number of hydrogen-bond acceptors (Lipinski definition) is 5. The Kier molecular flexibility index (Phi) is 4.67. The van der Waals surface area contributed by atoms with Gasteiger partial charge in [0.2, 0.25) is 0 Å². The van der Waals surface area contributed by atoms with Gasteiger partial charge in [-0.1, -0.05) is 12.1 Å². The Balaban J connectivity index is 2.39. The van der Waals surface area contributed by atoms with E-state index in [0.29, 0.717) is 5.75 Å². The second-order valence-corrected chi connectivity index (χ2v) is 4.45. The van der Waals surface area contributed by atoms with Gasteiger partial charge in [-0.3, -0.25) is 13.9 Å². The number of aromatic nitrogens is 2. The van der Waals surface area contributed by atoms with Crippen LogP contribution >= 0.6 is 0 Å². The first-order valence-electron chi connectivity index (χ1n) is 6.45. The highest BCUT2D eigenvalue weighted by Gasteiger charge is 2.06. The summed E-state index contributed by atoms with van der Waals surface area (Å²) >= 11 is 0. The molecule has 0 bridgehead atoms. The van der Waals surface area contributed by atoms with E-state index in [9.17, 15) is 14.7 Å². The Morgan fingerprint density at radius 3 is 2.45 bits per heavy atom. The fraction of sp³-hybridized carbons (Fsp3) is 0.200. The van der Waals surface area contributed by atoms with Crippen LogP contribution in [0.3, 0.4) is 0 Å². The Hall–Kier alpha value is -2.96. The van der Waals surface area contributed by atoms with E-state index in [1.807, 2.05) is 0 Å². The average Bonchev–Trinajstić information content (AvgIpc) is 2.54. The molecule has 0 unspecified atom stereocenters. The van der Waals surface area contributed by atoms with Crippen molar-refractivity contribution in [3.05, 3.63) is 68.9 Å². The maximum Gasteiger partial charge on any atom is 0.335 e. The van der Waals surface area contributed by atoms with E-state index < -0.39 is 17.2 Å². The van der Waals surface area contributed by atoms with Gasteiger partial charge in [-0.2, -0.15) is 0 Å². The monoisotopic (exact) mass is 304 g/mol. The first-order chi connectivity index (χ1) is 10.5. The number of benzene rings is 1. The maximum atomic E-state index is 12.3. The molecular formula is C15H16N2O5. The van der Waals surface area contributed by atoms with Gasteiger partial charge < -0.3 is 14.6 Å². The predicted octanol–water partition coefficient (Wildman–Crippen LogP) is 1.03. The van der Waals surface area contributed by atoms with Crippen LogP contribution in [0.5, 0.6) is 5.75 Å². The first kappa shape index (κ1) is 15.4. The maximum absolute atomic E-state index is 12.3. The Morgan fingerprint density at radius 2 is 1.86 bits per heavy atom. The zero-order chi connectivity index (χ0) is 16.1. The summed E-state index contributed by atoms with van der Waals surface area (Å²) in [5.74, 6) is 0.256. The van der Waals surface area contributed by atoms with Crippen molar-refractivity contribution in [2.24, 2.45) is 0 Å². The molecule has 1 aromatic heterocycles. The molecule has 0 aliphatic heterocycles. The standard InChI is InChI=1S/C15H16N2O5/c1-21-12-5-3-11(4-6-12)9-17-13(18)7-8-16(15(17)20)10-14(19)22-2/h3-8,10,19H,9H2,1-2H3. The summed E-state index contributed by atoms with van der Waals surface area (Å²) in [6, 6.07) is 8.27. The molecule has 0 saturated heterocycles. The molecule has 0 radical (unpaired) electrons.